The molecule has 1 aliphatic rings. The lowest BCUT2D eigenvalue weighted by Crippen LogP contribution is -2.53. The first-order valence-corrected chi connectivity index (χ1v) is 40.2. The Hall–Kier alpha value is -10.4. The number of carbonyl (C=O) groups excluding carboxylic acids is 5. The Morgan fingerprint density at radius 3 is 1.59 bits per heavy atom. The largest absolute Gasteiger partial charge is 0.481 e. The number of unbranched alkanes of at least 4 members (excludes halogenated alkanes) is 3. The Labute approximate surface area is 700 Å². The molecule has 0 radical (unpaired) electrons. The summed E-state index contributed by atoms with van der Waals surface area (Å²) in [7, 11) is 0. The molecule has 5 rings (SSSR count). The molecule has 1 saturated heterocycles. The van der Waals surface area contributed by atoms with Crippen LogP contribution in [0.4, 0.5) is 21.0 Å². The van der Waals surface area contributed by atoms with Crippen molar-refractivity contribution >= 4 is 129 Å². The highest BCUT2D eigenvalue weighted by molar-refractivity contribution is 14.1. The molecule has 0 spiro atoms. The van der Waals surface area contributed by atoms with Crippen LogP contribution >= 0.6 is 34.8 Å². The summed E-state index contributed by atoms with van der Waals surface area (Å²) < 4.78 is 19.7. The normalized spacial score (nSPS) is 14.7. The van der Waals surface area contributed by atoms with Gasteiger partial charge in [-0.25, -0.2) is 28.7 Å². The highest BCUT2D eigenvalue weighted by Gasteiger charge is 2.31. The number of aliphatic carboxylic acids is 8. The molecule has 3 aromatic carbocycles. The molecule has 0 saturated carbocycles. The van der Waals surface area contributed by atoms with E-state index in [1.165, 1.54) is 0 Å². The lowest BCUT2D eigenvalue weighted by molar-refractivity contribution is -0.142. The number of rotatable bonds is 55. The Kier molecular flexibility index (Phi) is 46.1. The number of ether oxygens (including phenoxy) is 3. The zero-order valence-corrected chi connectivity index (χ0v) is 68.6. The van der Waals surface area contributed by atoms with Crippen LogP contribution in [0.3, 0.4) is 0 Å². The lowest BCUT2D eigenvalue weighted by atomic mass is 10.0. The molecule has 118 heavy (non-hydrogen) atoms. The molecular formula is C76H109IN16O24S. The Morgan fingerprint density at radius 2 is 1.00 bits per heavy atom. The first-order valence-electron chi connectivity index (χ1n) is 38.8. The number of nitrogens with one attached hydrogen (secondary N) is 9. The number of carboxylic acid groups (broad SMARTS) is 8. The average molecular weight is 1790 g/mol. The summed E-state index contributed by atoms with van der Waals surface area (Å²) in [5, 5.41) is 110. The van der Waals surface area contributed by atoms with Gasteiger partial charge in [0.05, 0.1) is 78.6 Å². The molecule has 42 heteroatoms. The number of urea groups is 2. The van der Waals surface area contributed by atoms with Gasteiger partial charge in [-0.05, 0) is 166 Å². The number of amides is 7. The van der Waals surface area contributed by atoms with E-state index in [4.69, 9.17) is 31.5 Å². The van der Waals surface area contributed by atoms with Crippen LogP contribution in [0, 0.1) is 3.57 Å². The van der Waals surface area contributed by atoms with Gasteiger partial charge in [0.2, 0.25) is 17.7 Å². The molecule has 7 amide bonds. The van der Waals surface area contributed by atoms with Gasteiger partial charge in [0.1, 0.15) is 29.9 Å². The van der Waals surface area contributed by atoms with E-state index in [-0.39, 0.29) is 155 Å². The third-order valence-electron chi connectivity index (χ3n) is 18.4. The van der Waals surface area contributed by atoms with Gasteiger partial charge in [-0.3, -0.25) is 58.0 Å². The van der Waals surface area contributed by atoms with Crippen molar-refractivity contribution in [3.63, 3.8) is 0 Å². The molecule has 40 nitrogen and oxygen atoms in total. The standard InChI is InChI=1S/C76H109IN16O24S/c77-54-20-16-51(17-21-54)9-7-15-63(94)78-27-4-2-13-59(71(107)108)84-70(106)58(12-1-6-29-80-76(118)82-55-22-18-52(19-23-55)43-57-45-91(49-68(102)103)33-32-89(47-66(98)99)30-31-90(48-67(100)101)34-35-92(57)50-69(104)105)83-64(95)26-37-115-39-41-117-42-40-116-38-36-93-46-62(87-88-93)53-10-8-11-56(44-53)81-74(113)79-28-5-3-14-60(72(109)110)85-75(114)86-61(73(111)112)24-25-65(96)97/h8,10-11,16-23,44,46,57-61H,1-7,9,12-15,24-43,45,47-50H2,(H,78,94)(H,83,95)(H,84,106)(H,96,97)(H,98,99)(H,100,101)(H,102,103)(H,104,105)(H,107,108)(H,109,110)(H,111,112)(H2,79,81,113)(H2,80,82,118)(H2,85,86,114)/t57?,58-,59-,60?,61-/m0/s1. The Morgan fingerprint density at radius 1 is 0.475 bits per heavy atom. The average Bonchev–Trinajstić information content (AvgIpc) is 1.82. The zero-order chi connectivity index (χ0) is 86.2. The summed E-state index contributed by atoms with van der Waals surface area (Å²) in [4.78, 5) is 166. The number of hydrogen-bond acceptors (Lipinski definition) is 23. The number of carbonyl (C=O) groups is 13. The number of benzene rings is 3. The fourth-order valence-electron chi connectivity index (χ4n) is 12.3. The van der Waals surface area contributed by atoms with Gasteiger partial charge in [0.25, 0.3) is 0 Å². The second-order valence-corrected chi connectivity index (χ2v) is 29.5. The van der Waals surface area contributed by atoms with E-state index in [2.05, 4.69) is 80.8 Å². The van der Waals surface area contributed by atoms with Crippen molar-refractivity contribution < 1.29 is 117 Å². The van der Waals surface area contributed by atoms with E-state index in [0.717, 1.165) is 21.1 Å². The lowest BCUT2D eigenvalue weighted by Gasteiger charge is -2.37. The van der Waals surface area contributed by atoms with Gasteiger partial charge in [-0.15, -0.1) is 5.10 Å². The van der Waals surface area contributed by atoms with Gasteiger partial charge in [0, 0.05) is 111 Å². The second-order valence-electron chi connectivity index (χ2n) is 27.9. The van der Waals surface area contributed by atoms with E-state index in [1.54, 1.807) is 79.0 Å². The van der Waals surface area contributed by atoms with Gasteiger partial charge in [-0.1, -0.05) is 41.6 Å². The second kappa shape index (κ2) is 55.4. The van der Waals surface area contributed by atoms with Gasteiger partial charge >= 0.3 is 59.8 Å². The van der Waals surface area contributed by atoms with Gasteiger partial charge in [0.15, 0.2) is 5.11 Å². The summed E-state index contributed by atoms with van der Waals surface area (Å²) in [5.74, 6) is -11.2. The molecule has 5 atom stereocenters. The molecule has 17 N–H and O–H groups in total. The summed E-state index contributed by atoms with van der Waals surface area (Å²) in [6.45, 7) is 1.54. The van der Waals surface area contributed by atoms with E-state index < -0.39 is 128 Å². The minimum absolute atomic E-state index is 0.0311. The summed E-state index contributed by atoms with van der Waals surface area (Å²) in [6.07, 6.45) is 4.96. The highest BCUT2D eigenvalue weighted by atomic mass is 127. The number of carboxylic acids is 8. The van der Waals surface area contributed by atoms with Crippen LogP contribution in [0.15, 0.2) is 79.0 Å². The smallest absolute Gasteiger partial charge is 0.326 e. The third-order valence-corrected chi connectivity index (χ3v) is 19.4. The van der Waals surface area contributed by atoms with E-state index in [9.17, 15) is 98.1 Å². The highest BCUT2D eigenvalue weighted by Crippen LogP contribution is 2.22. The number of thiocarbonyl (C=S) groups is 1. The molecule has 2 heterocycles. The molecule has 650 valence electrons. The maximum atomic E-state index is 13.9. The van der Waals surface area contributed by atoms with Crippen molar-refractivity contribution in [3.8, 4) is 11.3 Å². The van der Waals surface area contributed by atoms with E-state index >= 15 is 0 Å². The topological polar surface area (TPSA) is 563 Å². The maximum Gasteiger partial charge on any atom is 0.326 e. The van der Waals surface area contributed by atoms with Crippen LogP contribution in [0.2, 0.25) is 0 Å². The molecule has 2 unspecified atom stereocenters. The van der Waals surface area contributed by atoms with Gasteiger partial charge < -0.3 is 103 Å². The first kappa shape index (κ1) is 98.2. The predicted octanol–water partition coefficient (Wildman–Crippen LogP) is 2.34. The monoisotopic (exact) mass is 1790 g/mol. The molecule has 4 aromatic rings. The predicted molar refractivity (Wildman–Crippen MR) is 439 cm³/mol. The molecule has 1 fully saturated rings. The molecular weight excluding hydrogens is 1680 g/mol. The number of halogens is 1. The quantitative estimate of drug-likeness (QED) is 0.0171. The van der Waals surface area contributed by atoms with Crippen molar-refractivity contribution in [1.82, 2.24) is 71.8 Å². The number of aryl methyl sites for hydroxylation is 1. The fourth-order valence-corrected chi connectivity index (χ4v) is 12.9. The minimum atomic E-state index is -1.54. The fraction of sp³-hybridized carbons (Fsp3) is 0.553. The van der Waals surface area contributed by atoms with Crippen LogP contribution in [0.1, 0.15) is 101 Å². The van der Waals surface area contributed by atoms with Crippen LogP contribution in [0.5, 0.6) is 0 Å². The molecule has 1 aromatic heterocycles. The van der Waals surface area contributed by atoms with Crippen LogP contribution in [-0.2, 0) is 86.3 Å². The van der Waals surface area contributed by atoms with Crippen LogP contribution in [-0.4, -0.2) is 320 Å². The third kappa shape index (κ3) is 42.7. The van der Waals surface area contributed by atoms with E-state index in [0.29, 0.717) is 87.2 Å². The molecule has 0 aliphatic carbocycles. The number of hydrogen-bond donors (Lipinski definition) is 17. The van der Waals surface area contributed by atoms with Crippen molar-refractivity contribution in [1.29, 1.82) is 0 Å². The number of nitrogens with zero attached hydrogens (tertiary/aromatic N) is 7. The molecule has 1 aliphatic heterocycles. The van der Waals surface area contributed by atoms with Crippen LogP contribution < -0.4 is 47.9 Å². The van der Waals surface area contributed by atoms with Crippen molar-refractivity contribution in [3.05, 3.63) is 93.7 Å². The van der Waals surface area contributed by atoms with Crippen molar-refractivity contribution in [2.24, 2.45) is 0 Å². The van der Waals surface area contributed by atoms with E-state index in [1.807, 2.05) is 24.3 Å². The Bertz CT molecular complexity index is 3890. The minimum Gasteiger partial charge on any atom is -0.481 e. The maximum absolute atomic E-state index is 13.9. The SMILES string of the molecule is O=C(O)CC[C@H](NC(=O)NC(CCCCNC(=O)Nc1cccc(-c2cn(CCOCCOCCOCCC(=O)N[C@@H](CCCCNC(=S)Nc3ccc(CC4CN(CC(=O)O)CCN(CC(=O)O)CCN(CC(=O)O)CCN4CC(=O)O)cc3)C(=O)N[C@@H](CCCCNC(=O)CCCc3ccc(I)cc3)C(=O)O)nn2)c1)C(=O)O)C(=O)O. The first-order chi connectivity index (χ1) is 56.5. The number of aromatic nitrogens is 3. The summed E-state index contributed by atoms with van der Waals surface area (Å²) in [6, 6.07) is 14.5. The van der Waals surface area contributed by atoms with Crippen molar-refractivity contribution in [2.75, 3.05) is 142 Å². The van der Waals surface area contributed by atoms with Gasteiger partial charge in [-0.2, -0.15) is 0 Å². The zero-order valence-electron chi connectivity index (χ0n) is 65.6. The van der Waals surface area contributed by atoms with Crippen molar-refractivity contribution in [2.45, 2.75) is 139 Å². The molecule has 0 bridgehead atoms. The summed E-state index contributed by atoms with van der Waals surface area (Å²) >= 11 is 7.84. The Balaban J connectivity index is 1.05. The summed E-state index contributed by atoms with van der Waals surface area (Å²) in [5.41, 5.74) is 4.08. The van der Waals surface area contributed by atoms with Crippen LogP contribution in [0.25, 0.3) is 11.3 Å². The number of anilines is 2.